The minimum atomic E-state index is -0.331. The monoisotopic (exact) mass is 280 g/mol. The van der Waals surface area contributed by atoms with Gasteiger partial charge in [-0.2, -0.15) is 11.8 Å². The molecule has 1 aromatic carbocycles. The van der Waals surface area contributed by atoms with Crippen LogP contribution in [0.15, 0.2) is 18.2 Å². The van der Waals surface area contributed by atoms with Gasteiger partial charge in [-0.3, -0.25) is 10.1 Å². The molecule has 0 bridgehead atoms. The largest absolute Gasteiger partial charge is 0.382 e. The lowest BCUT2D eigenvalue weighted by Crippen LogP contribution is -2.16. The molecule has 0 amide bonds. The highest BCUT2D eigenvalue weighted by atomic mass is 32.2. The Kier molecular flexibility index (Phi) is 4.69. The van der Waals surface area contributed by atoms with E-state index in [1.807, 2.05) is 24.8 Å². The number of rotatable bonds is 5. The predicted molar refractivity (Wildman–Crippen MR) is 81.0 cm³/mol. The van der Waals surface area contributed by atoms with E-state index in [0.717, 1.165) is 35.1 Å². The lowest BCUT2D eigenvalue weighted by molar-refractivity contribution is -0.384. The summed E-state index contributed by atoms with van der Waals surface area (Å²) < 4.78 is 0. The Morgan fingerprint density at radius 3 is 2.89 bits per heavy atom. The average Bonchev–Trinajstić information content (AvgIpc) is 2.76. The topological polar surface area (TPSA) is 55.2 Å². The van der Waals surface area contributed by atoms with Crippen LogP contribution in [0.5, 0.6) is 0 Å². The van der Waals surface area contributed by atoms with Crippen LogP contribution < -0.4 is 5.32 Å². The SMILES string of the molecule is CCSC1CCC(Nc2cc(C)cc([N+](=O)[O-])c2)C1. The number of anilines is 1. The highest BCUT2D eigenvalue weighted by Gasteiger charge is 2.24. The summed E-state index contributed by atoms with van der Waals surface area (Å²) >= 11 is 2.02. The van der Waals surface area contributed by atoms with Crippen molar-refractivity contribution in [2.45, 2.75) is 44.4 Å². The summed E-state index contributed by atoms with van der Waals surface area (Å²) in [5, 5.41) is 15.0. The molecule has 2 atom stereocenters. The quantitative estimate of drug-likeness (QED) is 0.654. The first-order chi connectivity index (χ1) is 9.08. The normalized spacial score (nSPS) is 22.4. The van der Waals surface area contributed by atoms with Gasteiger partial charge < -0.3 is 5.32 Å². The summed E-state index contributed by atoms with van der Waals surface area (Å²) in [7, 11) is 0. The van der Waals surface area contributed by atoms with Gasteiger partial charge >= 0.3 is 0 Å². The molecule has 5 heteroatoms. The number of hydrogen-bond donors (Lipinski definition) is 1. The van der Waals surface area contributed by atoms with Gasteiger partial charge in [0, 0.05) is 29.1 Å². The first kappa shape index (κ1) is 14.2. The highest BCUT2D eigenvalue weighted by Crippen LogP contribution is 2.32. The fourth-order valence-corrected chi connectivity index (χ4v) is 3.79. The molecule has 0 heterocycles. The molecule has 0 aliphatic heterocycles. The van der Waals surface area contributed by atoms with E-state index in [4.69, 9.17) is 0 Å². The molecule has 1 saturated carbocycles. The van der Waals surface area contributed by atoms with E-state index in [2.05, 4.69) is 12.2 Å². The van der Waals surface area contributed by atoms with Gasteiger partial charge in [0.1, 0.15) is 0 Å². The van der Waals surface area contributed by atoms with Crippen LogP contribution in [0, 0.1) is 17.0 Å². The molecule has 104 valence electrons. The smallest absolute Gasteiger partial charge is 0.271 e. The molecule has 1 aromatic rings. The van der Waals surface area contributed by atoms with Crippen molar-refractivity contribution in [3.05, 3.63) is 33.9 Å². The third kappa shape index (κ3) is 3.86. The molecule has 2 unspecified atom stereocenters. The van der Waals surface area contributed by atoms with Crippen LogP contribution in [0.2, 0.25) is 0 Å². The molecule has 1 fully saturated rings. The molecule has 2 rings (SSSR count). The van der Waals surface area contributed by atoms with Crippen LogP contribution in [0.1, 0.15) is 31.7 Å². The second-order valence-corrected chi connectivity index (χ2v) is 6.62. The van der Waals surface area contributed by atoms with E-state index in [9.17, 15) is 10.1 Å². The average molecular weight is 280 g/mol. The first-order valence-corrected chi connectivity index (χ1v) is 7.77. The second-order valence-electron chi connectivity index (χ2n) is 5.05. The van der Waals surface area contributed by atoms with Crippen molar-refractivity contribution in [2.75, 3.05) is 11.1 Å². The van der Waals surface area contributed by atoms with Gasteiger partial charge in [-0.05, 0) is 43.6 Å². The van der Waals surface area contributed by atoms with Gasteiger partial charge in [0.15, 0.2) is 0 Å². The molecule has 19 heavy (non-hydrogen) atoms. The van der Waals surface area contributed by atoms with E-state index >= 15 is 0 Å². The van der Waals surface area contributed by atoms with Crippen molar-refractivity contribution < 1.29 is 4.92 Å². The Morgan fingerprint density at radius 2 is 2.21 bits per heavy atom. The minimum absolute atomic E-state index is 0.167. The molecule has 4 nitrogen and oxygen atoms in total. The van der Waals surface area contributed by atoms with Crippen molar-refractivity contribution in [1.29, 1.82) is 0 Å². The second kappa shape index (κ2) is 6.28. The number of nitrogens with one attached hydrogen (secondary N) is 1. The zero-order valence-electron chi connectivity index (χ0n) is 11.4. The van der Waals surface area contributed by atoms with Crippen molar-refractivity contribution in [3.63, 3.8) is 0 Å². The van der Waals surface area contributed by atoms with Crippen molar-refractivity contribution in [3.8, 4) is 0 Å². The van der Waals surface area contributed by atoms with Gasteiger partial charge in [0.25, 0.3) is 5.69 Å². The van der Waals surface area contributed by atoms with Gasteiger partial charge in [-0.1, -0.05) is 6.92 Å². The summed E-state index contributed by atoms with van der Waals surface area (Å²) in [6.07, 6.45) is 3.55. The summed E-state index contributed by atoms with van der Waals surface area (Å²) in [6, 6.07) is 5.67. The summed E-state index contributed by atoms with van der Waals surface area (Å²) in [5.74, 6) is 1.16. The van der Waals surface area contributed by atoms with Gasteiger partial charge in [-0.15, -0.1) is 0 Å². The number of nitro groups is 1. The maximum atomic E-state index is 10.9. The Morgan fingerprint density at radius 1 is 1.42 bits per heavy atom. The Bertz CT molecular complexity index is 465. The molecule has 0 spiro atoms. The minimum Gasteiger partial charge on any atom is -0.382 e. The van der Waals surface area contributed by atoms with E-state index in [0.29, 0.717) is 6.04 Å². The van der Waals surface area contributed by atoms with E-state index in [1.165, 1.54) is 6.42 Å². The molecular weight excluding hydrogens is 260 g/mol. The Balaban J connectivity index is 2.01. The Labute approximate surface area is 118 Å². The van der Waals surface area contributed by atoms with Crippen molar-refractivity contribution in [1.82, 2.24) is 0 Å². The third-order valence-electron chi connectivity index (χ3n) is 3.43. The van der Waals surface area contributed by atoms with Crippen LogP contribution in [0.3, 0.4) is 0 Å². The third-order valence-corrected chi connectivity index (χ3v) is 4.66. The number of hydrogen-bond acceptors (Lipinski definition) is 4. The summed E-state index contributed by atoms with van der Waals surface area (Å²) in [5.41, 5.74) is 1.97. The maximum Gasteiger partial charge on any atom is 0.271 e. The maximum absolute atomic E-state index is 10.9. The lowest BCUT2D eigenvalue weighted by Gasteiger charge is -2.15. The standard InChI is InChI=1S/C14H20N2O2S/c1-3-19-14-5-4-11(9-14)15-12-6-10(2)7-13(8-12)16(17)18/h6-8,11,14-15H,3-5,9H2,1-2H3. The molecular formula is C14H20N2O2S. The zero-order valence-corrected chi connectivity index (χ0v) is 12.2. The highest BCUT2D eigenvalue weighted by molar-refractivity contribution is 7.99. The molecule has 0 radical (unpaired) electrons. The number of non-ortho nitro benzene ring substituents is 1. The van der Waals surface area contributed by atoms with Crippen LogP contribution in [0.4, 0.5) is 11.4 Å². The molecule has 0 saturated heterocycles. The van der Waals surface area contributed by atoms with Crippen molar-refractivity contribution in [2.24, 2.45) is 0 Å². The van der Waals surface area contributed by atoms with E-state index < -0.39 is 0 Å². The molecule has 0 aromatic heterocycles. The van der Waals surface area contributed by atoms with Crippen LogP contribution in [-0.4, -0.2) is 22.0 Å². The van der Waals surface area contributed by atoms with E-state index in [1.54, 1.807) is 12.1 Å². The molecule has 1 aliphatic carbocycles. The fraction of sp³-hybridized carbons (Fsp3) is 0.571. The number of nitro benzene ring substituents is 1. The number of aryl methyl sites for hydroxylation is 1. The Hall–Kier alpha value is -1.23. The van der Waals surface area contributed by atoms with Gasteiger partial charge in [0.2, 0.25) is 0 Å². The van der Waals surface area contributed by atoms with Gasteiger partial charge in [-0.25, -0.2) is 0 Å². The van der Waals surface area contributed by atoms with Crippen LogP contribution in [-0.2, 0) is 0 Å². The lowest BCUT2D eigenvalue weighted by atomic mass is 10.1. The summed E-state index contributed by atoms with van der Waals surface area (Å²) in [4.78, 5) is 10.5. The molecule has 1 aliphatic rings. The zero-order chi connectivity index (χ0) is 13.8. The number of benzene rings is 1. The molecule has 1 N–H and O–H groups in total. The first-order valence-electron chi connectivity index (χ1n) is 6.72. The fourth-order valence-electron chi connectivity index (χ4n) is 2.65. The summed E-state index contributed by atoms with van der Waals surface area (Å²) in [6.45, 7) is 4.08. The number of nitrogens with zero attached hydrogens (tertiary/aromatic N) is 1. The van der Waals surface area contributed by atoms with Crippen molar-refractivity contribution >= 4 is 23.1 Å². The predicted octanol–water partition coefficient (Wildman–Crippen LogP) is 3.99. The van der Waals surface area contributed by atoms with Crippen LogP contribution in [0.25, 0.3) is 0 Å². The van der Waals surface area contributed by atoms with Gasteiger partial charge in [0.05, 0.1) is 4.92 Å². The number of thioether (sulfide) groups is 1. The van der Waals surface area contributed by atoms with E-state index in [-0.39, 0.29) is 10.6 Å². The van der Waals surface area contributed by atoms with Crippen LogP contribution >= 0.6 is 11.8 Å².